The lowest BCUT2D eigenvalue weighted by atomic mass is 10.0. The van der Waals surface area contributed by atoms with Crippen molar-refractivity contribution >= 4 is 35.6 Å². The molecule has 0 fully saturated rings. The highest BCUT2D eigenvalue weighted by Crippen LogP contribution is 2.09. The first kappa shape index (κ1) is 32.8. The molecule has 3 amide bonds. The molecule has 14 nitrogen and oxygen atoms in total. The zero-order valence-corrected chi connectivity index (χ0v) is 22.1. The Morgan fingerprint density at radius 2 is 1.44 bits per heavy atom. The van der Waals surface area contributed by atoms with Crippen LogP contribution in [-0.4, -0.2) is 76.5 Å². The Morgan fingerprint density at radius 1 is 0.872 bits per heavy atom. The van der Waals surface area contributed by atoms with Crippen LogP contribution in [0.15, 0.2) is 35.3 Å². The zero-order valence-electron chi connectivity index (χ0n) is 22.1. The molecule has 0 aliphatic rings. The topological polar surface area (TPSA) is 252 Å². The van der Waals surface area contributed by atoms with E-state index in [2.05, 4.69) is 20.9 Å². The molecule has 14 heteroatoms. The molecule has 39 heavy (non-hydrogen) atoms. The molecule has 1 rings (SSSR count). The summed E-state index contributed by atoms with van der Waals surface area (Å²) in [6.07, 6.45) is -0.133. The Balaban J connectivity index is 3.16. The van der Waals surface area contributed by atoms with Crippen molar-refractivity contribution < 1.29 is 34.2 Å². The minimum atomic E-state index is -1.41. The number of aliphatic imine (C=N–C) groups is 1. The highest BCUT2D eigenvalue weighted by atomic mass is 16.4. The Morgan fingerprint density at radius 3 is 1.97 bits per heavy atom. The molecule has 0 radical (unpaired) electrons. The van der Waals surface area contributed by atoms with Crippen molar-refractivity contribution in [2.75, 3.05) is 6.54 Å². The fourth-order valence-electron chi connectivity index (χ4n) is 3.63. The SMILES string of the molecule is CC(C)CC(NC(=O)C(Cc1ccccc1)NC(=O)C(CCCN=C(N)N)NC(=O)C(N)CC(=O)O)C(=O)O. The van der Waals surface area contributed by atoms with E-state index in [1.54, 1.807) is 30.3 Å². The van der Waals surface area contributed by atoms with Crippen LogP contribution in [0.3, 0.4) is 0 Å². The number of carboxylic acid groups (broad SMARTS) is 2. The zero-order chi connectivity index (χ0) is 29.5. The van der Waals surface area contributed by atoms with Gasteiger partial charge in [0.1, 0.15) is 18.1 Å². The van der Waals surface area contributed by atoms with Crippen LogP contribution in [0.25, 0.3) is 0 Å². The molecule has 0 saturated heterocycles. The minimum absolute atomic E-state index is 0.0200. The van der Waals surface area contributed by atoms with E-state index in [9.17, 15) is 29.1 Å². The summed E-state index contributed by atoms with van der Waals surface area (Å²) < 4.78 is 0. The molecule has 1 aromatic rings. The standard InChI is InChI=1S/C25H39N7O7/c1-14(2)11-19(24(38)39)32-23(37)18(12-15-7-4-3-5-8-15)31-22(36)17(9-6-10-29-25(27)28)30-21(35)16(26)13-20(33)34/h3-5,7-8,14,16-19H,6,9-13,26H2,1-2H3,(H,30,35)(H,31,36)(H,32,37)(H,33,34)(H,38,39)(H4,27,28,29). The molecule has 216 valence electrons. The quantitative estimate of drug-likeness (QED) is 0.0645. The first-order valence-corrected chi connectivity index (χ1v) is 12.5. The van der Waals surface area contributed by atoms with E-state index >= 15 is 0 Å². The first-order chi connectivity index (χ1) is 18.3. The van der Waals surface area contributed by atoms with Gasteiger partial charge < -0.3 is 43.4 Å². The summed E-state index contributed by atoms with van der Waals surface area (Å²) in [6, 6.07) is 3.81. The summed E-state index contributed by atoms with van der Waals surface area (Å²) in [5.41, 5.74) is 17.0. The van der Waals surface area contributed by atoms with Crippen LogP contribution >= 0.6 is 0 Å². The Kier molecular flexibility index (Phi) is 14.0. The second kappa shape index (κ2) is 16.6. The predicted molar refractivity (Wildman–Crippen MR) is 143 cm³/mol. The summed E-state index contributed by atoms with van der Waals surface area (Å²) in [7, 11) is 0. The molecule has 0 spiro atoms. The van der Waals surface area contributed by atoms with Gasteiger partial charge in [0.25, 0.3) is 0 Å². The van der Waals surface area contributed by atoms with Crippen molar-refractivity contribution in [2.24, 2.45) is 28.1 Å². The van der Waals surface area contributed by atoms with Gasteiger partial charge >= 0.3 is 11.9 Å². The number of hydrogen-bond donors (Lipinski definition) is 8. The maximum atomic E-state index is 13.3. The number of carboxylic acids is 2. The second-order valence-electron chi connectivity index (χ2n) is 9.49. The number of carbonyl (C=O) groups is 5. The molecule has 1 aromatic carbocycles. The molecule has 0 aliphatic carbocycles. The number of rotatable bonds is 17. The van der Waals surface area contributed by atoms with Crippen LogP contribution in [0.2, 0.25) is 0 Å². The van der Waals surface area contributed by atoms with Crippen LogP contribution in [0, 0.1) is 5.92 Å². The van der Waals surface area contributed by atoms with Crippen molar-refractivity contribution in [2.45, 2.75) is 70.1 Å². The van der Waals surface area contributed by atoms with Gasteiger partial charge in [-0.1, -0.05) is 44.2 Å². The normalized spacial score (nSPS) is 13.8. The number of amides is 3. The monoisotopic (exact) mass is 549 g/mol. The van der Waals surface area contributed by atoms with Gasteiger partial charge in [0.15, 0.2) is 5.96 Å². The highest BCUT2D eigenvalue weighted by molar-refractivity contribution is 5.94. The average Bonchev–Trinajstić information content (AvgIpc) is 2.84. The number of carbonyl (C=O) groups excluding carboxylic acids is 3. The Labute approximate surface area is 226 Å². The van der Waals surface area contributed by atoms with E-state index in [-0.39, 0.29) is 44.1 Å². The lowest BCUT2D eigenvalue weighted by Crippen LogP contribution is -2.57. The summed E-state index contributed by atoms with van der Waals surface area (Å²) >= 11 is 0. The van der Waals surface area contributed by atoms with E-state index in [0.717, 1.165) is 0 Å². The molecule has 0 saturated carbocycles. The third kappa shape index (κ3) is 13.2. The first-order valence-electron chi connectivity index (χ1n) is 12.5. The van der Waals surface area contributed by atoms with Crippen LogP contribution < -0.4 is 33.2 Å². The molecular weight excluding hydrogens is 510 g/mol. The van der Waals surface area contributed by atoms with Crippen LogP contribution in [0.4, 0.5) is 0 Å². The van der Waals surface area contributed by atoms with Gasteiger partial charge in [0, 0.05) is 13.0 Å². The van der Waals surface area contributed by atoms with Crippen molar-refractivity contribution in [1.82, 2.24) is 16.0 Å². The second-order valence-corrected chi connectivity index (χ2v) is 9.49. The van der Waals surface area contributed by atoms with Crippen molar-refractivity contribution in [3.63, 3.8) is 0 Å². The van der Waals surface area contributed by atoms with E-state index < -0.39 is 60.2 Å². The maximum Gasteiger partial charge on any atom is 0.326 e. The van der Waals surface area contributed by atoms with Crippen molar-refractivity contribution in [3.8, 4) is 0 Å². The van der Waals surface area contributed by atoms with Crippen molar-refractivity contribution in [3.05, 3.63) is 35.9 Å². The predicted octanol–water partition coefficient (Wildman–Crippen LogP) is -1.33. The maximum absolute atomic E-state index is 13.3. The third-order valence-electron chi connectivity index (χ3n) is 5.55. The van der Waals surface area contributed by atoms with E-state index in [1.165, 1.54) is 0 Å². The van der Waals surface area contributed by atoms with E-state index in [0.29, 0.717) is 5.56 Å². The van der Waals surface area contributed by atoms with Crippen molar-refractivity contribution in [1.29, 1.82) is 0 Å². The smallest absolute Gasteiger partial charge is 0.326 e. The van der Waals surface area contributed by atoms with Crippen LogP contribution in [0.5, 0.6) is 0 Å². The molecule has 4 unspecified atom stereocenters. The number of nitrogens with one attached hydrogen (secondary N) is 3. The van der Waals surface area contributed by atoms with Gasteiger partial charge in [-0.05, 0) is 30.7 Å². The highest BCUT2D eigenvalue weighted by Gasteiger charge is 2.31. The number of nitrogens with zero attached hydrogens (tertiary/aromatic N) is 1. The molecule has 0 heterocycles. The average molecular weight is 550 g/mol. The fourth-order valence-corrected chi connectivity index (χ4v) is 3.63. The Hall–Kier alpha value is -4.20. The Bertz CT molecular complexity index is 1010. The molecule has 4 atom stereocenters. The molecule has 0 bridgehead atoms. The number of hydrogen-bond acceptors (Lipinski definition) is 7. The largest absolute Gasteiger partial charge is 0.481 e. The number of nitrogens with two attached hydrogens (primary N) is 3. The molecule has 0 aromatic heterocycles. The number of aliphatic carboxylic acids is 2. The van der Waals surface area contributed by atoms with Crippen LogP contribution in [-0.2, 0) is 30.4 Å². The number of benzene rings is 1. The molecule has 11 N–H and O–H groups in total. The van der Waals surface area contributed by atoms with E-state index in [1.807, 2.05) is 13.8 Å². The summed E-state index contributed by atoms with van der Waals surface area (Å²) in [4.78, 5) is 65.4. The van der Waals surface area contributed by atoms with Gasteiger partial charge in [-0.3, -0.25) is 24.2 Å². The lowest BCUT2D eigenvalue weighted by Gasteiger charge is -2.25. The van der Waals surface area contributed by atoms with Gasteiger partial charge in [-0.25, -0.2) is 4.79 Å². The third-order valence-corrected chi connectivity index (χ3v) is 5.55. The van der Waals surface area contributed by atoms with Gasteiger partial charge in [0.2, 0.25) is 17.7 Å². The molecule has 0 aliphatic heterocycles. The summed E-state index contributed by atoms with van der Waals surface area (Å²) in [6.45, 7) is 3.78. The molecular formula is C25H39N7O7. The summed E-state index contributed by atoms with van der Waals surface area (Å²) in [5, 5.41) is 26.0. The lowest BCUT2D eigenvalue weighted by molar-refractivity contribution is -0.142. The minimum Gasteiger partial charge on any atom is -0.481 e. The van der Waals surface area contributed by atoms with Gasteiger partial charge in [-0.15, -0.1) is 0 Å². The van der Waals surface area contributed by atoms with E-state index in [4.69, 9.17) is 22.3 Å². The fraction of sp³-hybridized carbons (Fsp3) is 0.520. The van der Waals surface area contributed by atoms with Gasteiger partial charge in [0.05, 0.1) is 12.5 Å². The van der Waals surface area contributed by atoms with Crippen LogP contribution in [0.1, 0.15) is 45.1 Å². The summed E-state index contributed by atoms with van der Waals surface area (Å²) in [5.74, 6) is -5.01. The van der Waals surface area contributed by atoms with Gasteiger partial charge in [-0.2, -0.15) is 0 Å². The number of guanidine groups is 1.